The van der Waals surface area contributed by atoms with Crippen LogP contribution in [-0.2, 0) is 6.54 Å². The van der Waals surface area contributed by atoms with E-state index in [0.29, 0.717) is 0 Å². The second-order valence-electron chi connectivity index (χ2n) is 4.28. The molecule has 3 aromatic rings. The summed E-state index contributed by atoms with van der Waals surface area (Å²) in [5, 5.41) is 4.46. The number of anilines is 1. The Morgan fingerprint density at radius 1 is 1.25 bits per heavy atom. The van der Waals surface area contributed by atoms with Gasteiger partial charge in [0.15, 0.2) is 0 Å². The van der Waals surface area contributed by atoms with E-state index < -0.39 is 0 Å². The van der Waals surface area contributed by atoms with Crippen LogP contribution in [0, 0.1) is 0 Å². The number of fused-ring (bicyclic) bond motifs is 1. The van der Waals surface area contributed by atoms with Gasteiger partial charge in [-0.3, -0.25) is 0 Å². The summed E-state index contributed by atoms with van der Waals surface area (Å²) in [6, 6.07) is 14.1. The van der Waals surface area contributed by atoms with E-state index in [9.17, 15) is 0 Å². The zero-order valence-electron chi connectivity index (χ0n) is 10.9. The van der Waals surface area contributed by atoms with Crippen LogP contribution >= 0.6 is 27.3 Å². The second-order valence-corrected chi connectivity index (χ2v) is 6.25. The smallest absolute Gasteiger partial charge is 0.133 e. The van der Waals surface area contributed by atoms with Crippen molar-refractivity contribution < 1.29 is 4.74 Å². The first-order valence-electron chi connectivity index (χ1n) is 6.18. The van der Waals surface area contributed by atoms with E-state index in [1.165, 1.54) is 4.70 Å². The standard InChI is InChI=1S/C15H13BrN2OS/c1-19-13-7-6-10(8-11(13)16)17-9-15-18-12-4-2-3-5-14(12)20-15/h2-8,17H,9H2,1H3. The highest BCUT2D eigenvalue weighted by atomic mass is 79.9. The largest absolute Gasteiger partial charge is 0.496 e. The monoisotopic (exact) mass is 348 g/mol. The van der Waals surface area contributed by atoms with Crippen LogP contribution in [-0.4, -0.2) is 12.1 Å². The Bertz CT molecular complexity index is 709. The number of rotatable bonds is 4. The van der Waals surface area contributed by atoms with E-state index in [-0.39, 0.29) is 0 Å². The second kappa shape index (κ2) is 5.81. The first-order valence-corrected chi connectivity index (χ1v) is 7.79. The topological polar surface area (TPSA) is 34.1 Å². The van der Waals surface area contributed by atoms with E-state index in [2.05, 4.69) is 32.3 Å². The van der Waals surface area contributed by atoms with Gasteiger partial charge in [-0.1, -0.05) is 12.1 Å². The van der Waals surface area contributed by atoms with Crippen LogP contribution in [0.4, 0.5) is 5.69 Å². The van der Waals surface area contributed by atoms with Gasteiger partial charge in [-0.05, 0) is 46.3 Å². The van der Waals surface area contributed by atoms with E-state index in [1.807, 2.05) is 36.4 Å². The molecule has 0 atom stereocenters. The van der Waals surface area contributed by atoms with Crippen molar-refractivity contribution >= 4 is 43.2 Å². The Balaban J connectivity index is 1.74. The number of halogens is 1. The maximum absolute atomic E-state index is 5.22. The van der Waals surface area contributed by atoms with Gasteiger partial charge in [0.1, 0.15) is 10.8 Å². The molecule has 1 aromatic heterocycles. The van der Waals surface area contributed by atoms with Crippen molar-refractivity contribution in [3.63, 3.8) is 0 Å². The van der Waals surface area contributed by atoms with Gasteiger partial charge in [-0.15, -0.1) is 11.3 Å². The summed E-state index contributed by atoms with van der Waals surface area (Å²) < 4.78 is 7.38. The maximum atomic E-state index is 5.22. The Hall–Kier alpha value is -1.59. The molecule has 20 heavy (non-hydrogen) atoms. The van der Waals surface area contributed by atoms with Gasteiger partial charge >= 0.3 is 0 Å². The lowest BCUT2D eigenvalue weighted by Crippen LogP contribution is -1.98. The number of hydrogen-bond acceptors (Lipinski definition) is 4. The van der Waals surface area contributed by atoms with Crippen molar-refractivity contribution in [2.24, 2.45) is 0 Å². The lowest BCUT2D eigenvalue weighted by atomic mass is 10.3. The third-order valence-corrected chi connectivity index (χ3v) is 4.59. The van der Waals surface area contributed by atoms with Crippen LogP contribution in [0.15, 0.2) is 46.9 Å². The van der Waals surface area contributed by atoms with Crippen molar-refractivity contribution in [2.75, 3.05) is 12.4 Å². The molecule has 0 fully saturated rings. The van der Waals surface area contributed by atoms with Gasteiger partial charge in [-0.2, -0.15) is 0 Å². The van der Waals surface area contributed by atoms with Gasteiger partial charge in [-0.25, -0.2) is 4.98 Å². The molecule has 0 amide bonds. The van der Waals surface area contributed by atoms with Crippen LogP contribution in [0.5, 0.6) is 5.75 Å². The fourth-order valence-electron chi connectivity index (χ4n) is 1.95. The summed E-state index contributed by atoms with van der Waals surface area (Å²) in [6.07, 6.45) is 0. The Kier molecular flexibility index (Phi) is 3.89. The predicted molar refractivity (Wildman–Crippen MR) is 87.6 cm³/mol. The highest BCUT2D eigenvalue weighted by Crippen LogP contribution is 2.28. The van der Waals surface area contributed by atoms with Crippen LogP contribution < -0.4 is 10.1 Å². The number of para-hydroxylation sites is 1. The summed E-state index contributed by atoms with van der Waals surface area (Å²) in [5.41, 5.74) is 2.10. The van der Waals surface area contributed by atoms with E-state index in [4.69, 9.17) is 4.74 Å². The Morgan fingerprint density at radius 3 is 2.85 bits per heavy atom. The summed E-state index contributed by atoms with van der Waals surface area (Å²) >= 11 is 5.20. The lowest BCUT2D eigenvalue weighted by Gasteiger charge is -2.07. The number of methoxy groups -OCH3 is 1. The number of benzene rings is 2. The molecule has 0 aliphatic rings. The van der Waals surface area contributed by atoms with Gasteiger partial charge in [0.25, 0.3) is 0 Å². The first-order chi connectivity index (χ1) is 9.76. The molecule has 1 heterocycles. The molecule has 102 valence electrons. The van der Waals surface area contributed by atoms with Gasteiger partial charge < -0.3 is 10.1 Å². The van der Waals surface area contributed by atoms with Crippen LogP contribution in [0.1, 0.15) is 5.01 Å². The molecule has 1 N–H and O–H groups in total. The SMILES string of the molecule is COc1ccc(NCc2nc3ccccc3s2)cc1Br. The summed E-state index contributed by atoms with van der Waals surface area (Å²) in [6.45, 7) is 0.720. The summed E-state index contributed by atoms with van der Waals surface area (Å²) in [4.78, 5) is 4.60. The van der Waals surface area contributed by atoms with Gasteiger partial charge in [0, 0.05) is 5.69 Å². The Labute approximate surface area is 129 Å². The lowest BCUT2D eigenvalue weighted by molar-refractivity contribution is 0.412. The first kappa shape index (κ1) is 13.4. The minimum absolute atomic E-state index is 0.720. The number of thiazole rings is 1. The molecule has 0 unspecified atom stereocenters. The molecule has 3 rings (SSSR count). The highest BCUT2D eigenvalue weighted by Gasteiger charge is 2.04. The van der Waals surface area contributed by atoms with Crippen molar-refractivity contribution in [3.05, 3.63) is 51.9 Å². The van der Waals surface area contributed by atoms with Crippen LogP contribution in [0.25, 0.3) is 10.2 Å². The van der Waals surface area contributed by atoms with Crippen molar-refractivity contribution in [3.8, 4) is 5.75 Å². The van der Waals surface area contributed by atoms with Gasteiger partial charge in [0.2, 0.25) is 0 Å². The van der Waals surface area contributed by atoms with Crippen LogP contribution in [0.3, 0.4) is 0 Å². The number of nitrogens with zero attached hydrogens (tertiary/aromatic N) is 1. The number of nitrogens with one attached hydrogen (secondary N) is 1. The minimum atomic E-state index is 0.720. The number of hydrogen-bond donors (Lipinski definition) is 1. The molecule has 0 spiro atoms. The molecule has 0 saturated carbocycles. The van der Waals surface area contributed by atoms with Crippen molar-refractivity contribution in [1.29, 1.82) is 0 Å². The van der Waals surface area contributed by atoms with Crippen molar-refractivity contribution in [2.45, 2.75) is 6.54 Å². The zero-order chi connectivity index (χ0) is 13.9. The van der Waals surface area contributed by atoms with Crippen LogP contribution in [0.2, 0.25) is 0 Å². The molecule has 0 aliphatic heterocycles. The van der Waals surface area contributed by atoms with Gasteiger partial charge in [0.05, 0.1) is 28.3 Å². The zero-order valence-corrected chi connectivity index (χ0v) is 13.3. The van der Waals surface area contributed by atoms with Crippen molar-refractivity contribution in [1.82, 2.24) is 4.98 Å². The summed E-state index contributed by atoms with van der Waals surface area (Å²) in [7, 11) is 1.66. The molecule has 5 heteroatoms. The average molecular weight is 349 g/mol. The molecule has 0 radical (unpaired) electrons. The normalized spacial score (nSPS) is 10.7. The third kappa shape index (κ3) is 2.78. The van der Waals surface area contributed by atoms with E-state index in [1.54, 1.807) is 18.4 Å². The molecular weight excluding hydrogens is 336 g/mol. The molecule has 3 nitrogen and oxygen atoms in total. The highest BCUT2D eigenvalue weighted by molar-refractivity contribution is 9.10. The number of ether oxygens (including phenoxy) is 1. The summed E-state index contributed by atoms with van der Waals surface area (Å²) in [5.74, 6) is 0.829. The molecule has 0 saturated heterocycles. The van der Waals surface area contributed by atoms with E-state index >= 15 is 0 Å². The fraction of sp³-hybridized carbons (Fsp3) is 0.133. The molecule has 2 aromatic carbocycles. The third-order valence-electron chi connectivity index (χ3n) is 2.93. The molecule has 0 aliphatic carbocycles. The Morgan fingerprint density at radius 2 is 2.10 bits per heavy atom. The fourth-order valence-corrected chi connectivity index (χ4v) is 3.40. The molecule has 0 bridgehead atoms. The van der Waals surface area contributed by atoms with E-state index in [0.717, 1.165) is 33.0 Å². The maximum Gasteiger partial charge on any atom is 0.133 e. The number of aromatic nitrogens is 1. The minimum Gasteiger partial charge on any atom is -0.496 e. The predicted octanol–water partition coefficient (Wildman–Crippen LogP) is 4.68. The average Bonchev–Trinajstić information content (AvgIpc) is 2.88. The molecular formula is C15H13BrN2OS. The quantitative estimate of drug-likeness (QED) is 0.743.